The average Bonchev–Trinajstić information content (AvgIpc) is 2.98. The van der Waals surface area contributed by atoms with Crippen molar-refractivity contribution < 1.29 is 14.6 Å². The number of nitrogens with zero attached hydrogens (tertiary/aromatic N) is 3. The van der Waals surface area contributed by atoms with Crippen molar-refractivity contribution >= 4 is 22.7 Å². The molecule has 0 atom stereocenters. The van der Waals surface area contributed by atoms with Crippen LogP contribution in [0.1, 0.15) is 5.56 Å². The fraction of sp³-hybridized carbons (Fsp3) is 0. The summed E-state index contributed by atoms with van der Waals surface area (Å²) in [5, 5.41) is 27.7. The summed E-state index contributed by atoms with van der Waals surface area (Å²) < 4.78 is 12.8. The van der Waals surface area contributed by atoms with Gasteiger partial charge in [0.25, 0.3) is 0 Å². The van der Waals surface area contributed by atoms with Crippen LogP contribution in [0.25, 0.3) is 10.6 Å². The van der Waals surface area contributed by atoms with Gasteiger partial charge in [-0.1, -0.05) is 23.5 Å². The molecule has 0 bridgehead atoms. The van der Waals surface area contributed by atoms with Gasteiger partial charge in [-0.3, -0.25) is 0 Å². The summed E-state index contributed by atoms with van der Waals surface area (Å²) in [7, 11) is 0. The molecule has 1 aromatic heterocycles. The molecular weight excluding hydrogens is 305 g/mol. The second-order valence-corrected chi connectivity index (χ2v) is 5.36. The normalized spacial score (nSPS) is 11.1. The zero-order chi connectivity index (χ0) is 15.5. The lowest BCUT2D eigenvalue weighted by Crippen LogP contribution is -1.80. The van der Waals surface area contributed by atoms with E-state index in [4.69, 9.17) is 0 Å². The molecule has 0 amide bonds. The van der Waals surface area contributed by atoms with Gasteiger partial charge < -0.3 is 10.2 Å². The summed E-state index contributed by atoms with van der Waals surface area (Å²) in [6.07, 6.45) is 1.57. The number of halogens is 1. The SMILES string of the molecule is Oc1ccc(-c2nnc(N=Cc3ccc(F)cc3)s2)cc1O. The van der Waals surface area contributed by atoms with Gasteiger partial charge in [-0.2, -0.15) is 0 Å². The standard InChI is InChI=1S/C15H10FN3O2S/c16-11-4-1-9(2-5-11)8-17-15-19-18-14(22-15)10-3-6-12(20)13(21)7-10/h1-8,20-21H. The Kier molecular flexibility index (Phi) is 3.80. The first-order chi connectivity index (χ1) is 10.6. The van der Waals surface area contributed by atoms with E-state index < -0.39 is 0 Å². The Labute approximate surface area is 129 Å². The van der Waals surface area contributed by atoms with Crippen LogP contribution in [0.2, 0.25) is 0 Å². The molecule has 0 aliphatic heterocycles. The van der Waals surface area contributed by atoms with Crippen molar-refractivity contribution in [1.29, 1.82) is 0 Å². The van der Waals surface area contributed by atoms with Crippen molar-refractivity contribution in [3.8, 4) is 22.1 Å². The number of benzene rings is 2. The fourth-order valence-corrected chi connectivity index (χ4v) is 2.41. The summed E-state index contributed by atoms with van der Waals surface area (Å²) in [4.78, 5) is 4.18. The van der Waals surface area contributed by atoms with Gasteiger partial charge in [-0.05, 0) is 35.9 Å². The quantitative estimate of drug-likeness (QED) is 0.572. The molecule has 2 N–H and O–H groups in total. The molecule has 0 spiro atoms. The van der Waals surface area contributed by atoms with Gasteiger partial charge in [0.2, 0.25) is 5.13 Å². The van der Waals surface area contributed by atoms with E-state index in [2.05, 4.69) is 15.2 Å². The lowest BCUT2D eigenvalue weighted by atomic mass is 10.2. The highest BCUT2D eigenvalue weighted by atomic mass is 32.1. The first kappa shape index (κ1) is 14.2. The third kappa shape index (κ3) is 3.09. The number of phenols is 2. The molecule has 22 heavy (non-hydrogen) atoms. The third-order valence-corrected chi connectivity index (χ3v) is 3.71. The highest BCUT2D eigenvalue weighted by molar-refractivity contribution is 7.18. The maximum absolute atomic E-state index is 12.8. The minimum absolute atomic E-state index is 0.192. The van der Waals surface area contributed by atoms with E-state index in [0.717, 1.165) is 5.56 Å². The summed E-state index contributed by atoms with van der Waals surface area (Å²) in [6.45, 7) is 0. The predicted octanol–water partition coefficient (Wildman–Crippen LogP) is 3.51. The van der Waals surface area contributed by atoms with Crippen LogP contribution in [0.3, 0.4) is 0 Å². The van der Waals surface area contributed by atoms with Gasteiger partial charge >= 0.3 is 0 Å². The lowest BCUT2D eigenvalue weighted by molar-refractivity contribution is 0.404. The summed E-state index contributed by atoms with van der Waals surface area (Å²) >= 11 is 1.24. The molecule has 0 saturated carbocycles. The van der Waals surface area contributed by atoms with Crippen molar-refractivity contribution in [2.45, 2.75) is 0 Å². The zero-order valence-corrected chi connectivity index (χ0v) is 12.0. The van der Waals surface area contributed by atoms with E-state index in [9.17, 15) is 14.6 Å². The van der Waals surface area contributed by atoms with Crippen molar-refractivity contribution in [2.24, 2.45) is 4.99 Å². The first-order valence-electron chi connectivity index (χ1n) is 6.27. The molecule has 0 aliphatic carbocycles. The topological polar surface area (TPSA) is 78.6 Å². The third-order valence-electron chi connectivity index (χ3n) is 2.83. The predicted molar refractivity (Wildman–Crippen MR) is 82.3 cm³/mol. The van der Waals surface area contributed by atoms with Gasteiger partial charge in [0.05, 0.1) is 0 Å². The van der Waals surface area contributed by atoms with E-state index in [-0.39, 0.29) is 17.3 Å². The molecule has 7 heteroatoms. The number of aliphatic imine (C=N–C) groups is 1. The molecule has 5 nitrogen and oxygen atoms in total. The van der Waals surface area contributed by atoms with Gasteiger partial charge in [0.15, 0.2) is 11.5 Å². The van der Waals surface area contributed by atoms with E-state index in [0.29, 0.717) is 15.7 Å². The van der Waals surface area contributed by atoms with E-state index in [1.165, 1.54) is 35.6 Å². The zero-order valence-electron chi connectivity index (χ0n) is 11.1. The van der Waals surface area contributed by atoms with Crippen LogP contribution >= 0.6 is 11.3 Å². The summed E-state index contributed by atoms with van der Waals surface area (Å²) in [5.41, 5.74) is 1.39. The van der Waals surface area contributed by atoms with E-state index >= 15 is 0 Å². The minimum atomic E-state index is -0.303. The van der Waals surface area contributed by atoms with Crippen LogP contribution in [0, 0.1) is 5.82 Å². The molecule has 3 rings (SSSR count). The Morgan fingerprint density at radius 1 is 1.00 bits per heavy atom. The second-order valence-electron chi connectivity index (χ2n) is 4.40. The Morgan fingerprint density at radius 3 is 2.50 bits per heavy atom. The number of hydrogen-bond donors (Lipinski definition) is 2. The Morgan fingerprint density at radius 2 is 1.77 bits per heavy atom. The van der Waals surface area contributed by atoms with Crippen molar-refractivity contribution in [3.05, 3.63) is 53.8 Å². The average molecular weight is 315 g/mol. The number of phenolic OH excluding ortho intramolecular Hbond substituents is 2. The van der Waals surface area contributed by atoms with Gasteiger partial charge in [0.1, 0.15) is 10.8 Å². The first-order valence-corrected chi connectivity index (χ1v) is 7.09. The molecule has 3 aromatic rings. The molecule has 2 aromatic carbocycles. The lowest BCUT2D eigenvalue weighted by Gasteiger charge is -1.98. The Bertz CT molecular complexity index is 831. The van der Waals surface area contributed by atoms with E-state index in [1.54, 1.807) is 24.4 Å². The highest BCUT2D eigenvalue weighted by Gasteiger charge is 2.08. The maximum atomic E-state index is 12.8. The second kappa shape index (κ2) is 5.90. The monoisotopic (exact) mass is 315 g/mol. The molecule has 110 valence electrons. The highest BCUT2D eigenvalue weighted by Crippen LogP contribution is 2.33. The number of aromatic nitrogens is 2. The van der Waals surface area contributed by atoms with Gasteiger partial charge in [0, 0.05) is 11.8 Å². The van der Waals surface area contributed by atoms with E-state index in [1.807, 2.05) is 0 Å². The Balaban J connectivity index is 1.81. The maximum Gasteiger partial charge on any atom is 0.231 e. The Hall–Kier alpha value is -2.80. The molecule has 0 fully saturated rings. The van der Waals surface area contributed by atoms with Gasteiger partial charge in [-0.15, -0.1) is 10.2 Å². The number of hydrogen-bond acceptors (Lipinski definition) is 6. The number of aromatic hydroxyl groups is 2. The molecule has 0 saturated heterocycles. The van der Waals surface area contributed by atoms with Crippen molar-refractivity contribution in [3.63, 3.8) is 0 Å². The fourth-order valence-electron chi connectivity index (χ4n) is 1.72. The largest absolute Gasteiger partial charge is 0.504 e. The van der Waals surface area contributed by atoms with Crippen LogP contribution in [-0.4, -0.2) is 26.6 Å². The van der Waals surface area contributed by atoms with Gasteiger partial charge in [-0.25, -0.2) is 9.38 Å². The van der Waals surface area contributed by atoms with Crippen molar-refractivity contribution in [1.82, 2.24) is 10.2 Å². The van der Waals surface area contributed by atoms with Crippen molar-refractivity contribution in [2.75, 3.05) is 0 Å². The smallest absolute Gasteiger partial charge is 0.231 e. The van der Waals surface area contributed by atoms with Crippen LogP contribution in [0.5, 0.6) is 11.5 Å². The van der Waals surface area contributed by atoms with Crippen LogP contribution in [-0.2, 0) is 0 Å². The van der Waals surface area contributed by atoms with Crippen LogP contribution in [0.15, 0.2) is 47.5 Å². The number of rotatable bonds is 3. The molecule has 0 radical (unpaired) electrons. The molecule has 1 heterocycles. The van der Waals surface area contributed by atoms with Crippen LogP contribution < -0.4 is 0 Å². The summed E-state index contributed by atoms with van der Waals surface area (Å²) in [6, 6.07) is 10.3. The summed E-state index contributed by atoms with van der Waals surface area (Å²) in [5.74, 6) is -0.714. The van der Waals surface area contributed by atoms with Crippen LogP contribution in [0.4, 0.5) is 9.52 Å². The molecular formula is C15H10FN3O2S. The molecule has 0 unspecified atom stereocenters. The minimum Gasteiger partial charge on any atom is -0.504 e. The molecule has 0 aliphatic rings.